The maximum atomic E-state index is 13.0. The average molecular weight is 799 g/mol. The molecule has 4 saturated carbocycles. The van der Waals surface area contributed by atoms with Crippen LogP contribution in [0, 0.1) is 50.2 Å². The van der Waals surface area contributed by atoms with E-state index in [1.54, 1.807) is 0 Å². The van der Waals surface area contributed by atoms with E-state index < -0.39 is 86.0 Å². The third-order valence-electron chi connectivity index (χ3n) is 17.3. The summed E-state index contributed by atoms with van der Waals surface area (Å²) in [6, 6.07) is 0. The van der Waals surface area contributed by atoms with E-state index in [2.05, 4.69) is 54.5 Å². The van der Waals surface area contributed by atoms with Gasteiger partial charge in [-0.1, -0.05) is 60.1 Å². The fraction of sp³-hybridized carbons (Fsp3) is 0.929. The number of aliphatic carboxylic acids is 1. The fourth-order valence-corrected chi connectivity index (χ4v) is 13.7. The number of carboxylic acid groups (broad SMARTS) is 1. The third kappa shape index (κ3) is 6.47. The molecule has 0 spiro atoms. The molecule has 7 aliphatic rings. The number of hydrogen-bond donors (Lipinski definition) is 8. The van der Waals surface area contributed by atoms with E-state index in [0.717, 1.165) is 57.8 Å². The highest BCUT2D eigenvalue weighted by molar-refractivity contribution is 5.76. The first kappa shape index (κ1) is 44.3. The Morgan fingerprint density at radius 3 is 1.98 bits per heavy atom. The number of fused-ring (bicyclic) bond motifs is 7. The lowest BCUT2D eigenvalue weighted by Crippen LogP contribution is -2.66. The van der Waals surface area contributed by atoms with E-state index in [-0.39, 0.29) is 50.5 Å². The first-order valence-electron chi connectivity index (χ1n) is 20.8. The largest absolute Gasteiger partial charge is 0.481 e. The minimum Gasteiger partial charge on any atom is -0.481 e. The van der Waals surface area contributed by atoms with Gasteiger partial charge in [-0.3, -0.25) is 4.79 Å². The predicted octanol–water partition coefficient (Wildman–Crippen LogP) is 2.06. The van der Waals surface area contributed by atoms with Crippen LogP contribution in [0.25, 0.3) is 0 Å². The normalized spacial score (nSPS) is 52.2. The zero-order chi connectivity index (χ0) is 40.3. The van der Waals surface area contributed by atoms with Crippen molar-refractivity contribution in [3.05, 3.63) is 11.6 Å². The molecule has 0 bridgehead atoms. The zero-order valence-electron chi connectivity index (χ0n) is 34.3. The van der Waals surface area contributed by atoms with E-state index in [0.29, 0.717) is 12.3 Å². The van der Waals surface area contributed by atoms with Gasteiger partial charge in [-0.25, -0.2) is 0 Å². The highest BCUT2D eigenvalue weighted by atomic mass is 16.7. The minimum atomic E-state index is -1.74. The number of aliphatic hydroxyl groups is 7. The van der Waals surface area contributed by atoms with Gasteiger partial charge in [-0.15, -0.1) is 0 Å². The van der Waals surface area contributed by atoms with E-state index in [1.807, 2.05) is 0 Å². The Morgan fingerprint density at radius 2 is 1.34 bits per heavy atom. The van der Waals surface area contributed by atoms with Crippen LogP contribution >= 0.6 is 0 Å². The first-order valence-corrected chi connectivity index (χ1v) is 20.8. The molecule has 2 saturated heterocycles. The summed E-state index contributed by atoms with van der Waals surface area (Å²) in [5, 5.41) is 84.2. The Bertz CT molecular complexity index is 1480. The number of rotatable bonds is 7. The molecule has 6 fully saturated rings. The topological polar surface area (TPSA) is 247 Å². The number of allylic oxidation sites excluding steroid dienone is 2. The number of ether oxygens (including phenoxy) is 4. The van der Waals surface area contributed by atoms with Crippen LogP contribution < -0.4 is 0 Å². The molecule has 2 aliphatic heterocycles. The molecule has 14 nitrogen and oxygen atoms in total. The maximum Gasteiger partial charge on any atom is 0.310 e. The van der Waals surface area contributed by atoms with Crippen LogP contribution in [-0.2, 0) is 23.7 Å². The first-order chi connectivity index (χ1) is 25.6. The highest BCUT2D eigenvalue weighted by Gasteiger charge is 2.69. The molecule has 10 N–H and O–H groups in total. The Balaban J connectivity index is 0.00000532. The van der Waals surface area contributed by atoms with Gasteiger partial charge in [-0.2, -0.15) is 0 Å². The molecule has 322 valence electrons. The molecule has 7 rings (SSSR count). The van der Waals surface area contributed by atoms with Gasteiger partial charge in [0.25, 0.3) is 0 Å². The standard InChI is InChI=1S/C42H68O13.H2O/c1-37(2)14-16-42(36(50)51)17-15-40(6)21(22(42)18-37)8-9-26-39(5)12-11-27(38(3,4)25(39)10-13-41(26,40)7)54-34-32(49)30(47)33(24(20-44)53-34)55-35-31(48)29(46)28(45)23(19-43)52-35;/h8,22-35,43-49H,9-20H2,1-7H3,(H,50,51);1H2/t22?,23-,24-,25?,26?,27?,28+,29+,30-,31-,32-,33-,34+,35+,39?,40-,41?,42?;/m1./s1. The Morgan fingerprint density at radius 1 is 0.732 bits per heavy atom. The number of aliphatic hydroxyl groups excluding tert-OH is 7. The van der Waals surface area contributed by atoms with Crippen LogP contribution in [0.1, 0.15) is 113 Å². The second kappa shape index (κ2) is 15.0. The fourth-order valence-electron chi connectivity index (χ4n) is 13.7. The zero-order valence-corrected chi connectivity index (χ0v) is 34.3. The van der Waals surface area contributed by atoms with Gasteiger partial charge in [0.05, 0.1) is 24.7 Å². The van der Waals surface area contributed by atoms with Gasteiger partial charge in [0, 0.05) is 0 Å². The molecule has 18 atom stereocenters. The van der Waals surface area contributed by atoms with Crippen LogP contribution in [0.5, 0.6) is 0 Å². The lowest BCUT2D eigenvalue weighted by molar-refractivity contribution is -0.368. The van der Waals surface area contributed by atoms with Crippen molar-refractivity contribution >= 4 is 5.97 Å². The Labute approximate surface area is 330 Å². The molecular formula is C42H70O14. The van der Waals surface area contributed by atoms with E-state index in [9.17, 15) is 45.6 Å². The molecule has 0 aromatic heterocycles. The van der Waals surface area contributed by atoms with E-state index >= 15 is 0 Å². The molecule has 56 heavy (non-hydrogen) atoms. The quantitative estimate of drug-likeness (QED) is 0.136. The Kier molecular flexibility index (Phi) is 11.9. The van der Waals surface area contributed by atoms with Crippen LogP contribution in [0.2, 0.25) is 0 Å². The van der Waals surface area contributed by atoms with Crippen molar-refractivity contribution in [2.75, 3.05) is 13.2 Å². The lowest BCUT2D eigenvalue weighted by atomic mass is 9.33. The summed E-state index contributed by atoms with van der Waals surface area (Å²) in [6.45, 7) is 15.1. The van der Waals surface area contributed by atoms with Crippen molar-refractivity contribution in [2.45, 2.75) is 180 Å². The van der Waals surface area contributed by atoms with Crippen molar-refractivity contribution in [1.29, 1.82) is 0 Å². The number of carboxylic acids is 1. The van der Waals surface area contributed by atoms with Crippen LogP contribution in [0.4, 0.5) is 0 Å². The number of hydrogen-bond acceptors (Lipinski definition) is 12. The van der Waals surface area contributed by atoms with Crippen molar-refractivity contribution in [3.63, 3.8) is 0 Å². The maximum absolute atomic E-state index is 13.0. The molecule has 0 amide bonds. The summed E-state index contributed by atoms with van der Waals surface area (Å²) in [7, 11) is 0. The van der Waals surface area contributed by atoms with Gasteiger partial charge in [0.15, 0.2) is 12.6 Å². The summed E-state index contributed by atoms with van der Waals surface area (Å²) in [5.74, 6) is 0.0886. The molecule has 14 heteroatoms. The molecular weight excluding hydrogens is 728 g/mol. The van der Waals surface area contributed by atoms with Gasteiger partial charge < -0.3 is 65.3 Å². The lowest BCUT2D eigenvalue weighted by Gasteiger charge is -2.71. The van der Waals surface area contributed by atoms with Gasteiger partial charge >= 0.3 is 5.97 Å². The van der Waals surface area contributed by atoms with Crippen LogP contribution in [0.15, 0.2) is 11.6 Å². The summed E-state index contributed by atoms with van der Waals surface area (Å²) in [6.07, 6.45) is -4.17. The molecule has 0 aromatic rings. The van der Waals surface area contributed by atoms with Crippen LogP contribution in [-0.4, -0.2) is 133 Å². The second-order valence-corrected chi connectivity index (χ2v) is 20.7. The van der Waals surface area contributed by atoms with E-state index in [4.69, 9.17) is 18.9 Å². The van der Waals surface area contributed by atoms with E-state index in [1.165, 1.54) is 5.57 Å². The predicted molar refractivity (Wildman–Crippen MR) is 202 cm³/mol. The monoisotopic (exact) mass is 798 g/mol. The smallest absolute Gasteiger partial charge is 0.310 e. The molecule has 0 aromatic carbocycles. The molecule has 2 heterocycles. The summed E-state index contributed by atoms with van der Waals surface area (Å²) < 4.78 is 23.9. The van der Waals surface area contributed by atoms with Gasteiger partial charge in [0.2, 0.25) is 0 Å². The van der Waals surface area contributed by atoms with Gasteiger partial charge in [-0.05, 0) is 109 Å². The van der Waals surface area contributed by atoms with Crippen molar-refractivity contribution in [2.24, 2.45) is 50.2 Å². The molecule has 5 aliphatic carbocycles. The minimum absolute atomic E-state index is 0. The second-order valence-electron chi connectivity index (χ2n) is 20.7. The summed E-state index contributed by atoms with van der Waals surface area (Å²) in [5.41, 5.74) is 0.344. The molecule has 0 radical (unpaired) electrons. The average Bonchev–Trinajstić information content (AvgIpc) is 3.12. The van der Waals surface area contributed by atoms with Crippen molar-refractivity contribution < 1.29 is 70.1 Å². The third-order valence-corrected chi connectivity index (χ3v) is 17.3. The van der Waals surface area contributed by atoms with Gasteiger partial charge in [0.1, 0.15) is 48.8 Å². The summed E-state index contributed by atoms with van der Waals surface area (Å²) >= 11 is 0. The summed E-state index contributed by atoms with van der Waals surface area (Å²) in [4.78, 5) is 13.0. The SMILES string of the molecule is CC1(C)CCC2(C(=O)O)CC[C@]3(C)C(=CCC4C5(C)CCC(O[C@@H]6O[C@H](CO)[C@@H](O[C@@H]7O[C@H](CO)[C@H](O)[C@H](O)[C@H]7O)[C@H](O)[C@H]6O)C(C)(C)C5CCC43C)C2C1.O. The van der Waals surface area contributed by atoms with Crippen molar-refractivity contribution in [3.8, 4) is 0 Å². The van der Waals surface area contributed by atoms with Crippen LogP contribution in [0.3, 0.4) is 0 Å². The van der Waals surface area contributed by atoms with Crippen molar-refractivity contribution in [1.82, 2.24) is 0 Å². The highest BCUT2D eigenvalue weighted by Crippen LogP contribution is 2.76. The Hall–Kier alpha value is -1.27. The molecule has 7 unspecified atom stereocenters. The number of carbonyl (C=O) groups is 1.